The van der Waals surface area contributed by atoms with Crippen LogP contribution in [0.25, 0.3) is 0 Å². The van der Waals surface area contributed by atoms with Crippen LogP contribution in [-0.2, 0) is 10.0 Å². The molecule has 0 bridgehead atoms. The van der Waals surface area contributed by atoms with Crippen molar-refractivity contribution in [2.45, 2.75) is 30.2 Å². The van der Waals surface area contributed by atoms with Crippen molar-refractivity contribution >= 4 is 21.7 Å². The van der Waals surface area contributed by atoms with Gasteiger partial charge in [0.15, 0.2) is 0 Å². The molecule has 1 saturated heterocycles. The van der Waals surface area contributed by atoms with Gasteiger partial charge in [-0.3, -0.25) is 0 Å². The van der Waals surface area contributed by atoms with E-state index in [-0.39, 0.29) is 10.9 Å². The molecule has 122 valence electrons. The predicted octanol–water partition coefficient (Wildman–Crippen LogP) is 0.940. The van der Waals surface area contributed by atoms with Crippen LogP contribution in [0, 0.1) is 0 Å². The van der Waals surface area contributed by atoms with E-state index in [0.29, 0.717) is 18.3 Å². The molecule has 1 unspecified atom stereocenters. The molecule has 4 N–H and O–H groups in total. The molecule has 0 radical (unpaired) electrons. The molecule has 1 aromatic rings. The van der Waals surface area contributed by atoms with E-state index >= 15 is 0 Å². The number of carbonyl (C=O) groups is 1. The van der Waals surface area contributed by atoms with Crippen LogP contribution in [0.2, 0.25) is 0 Å². The molecule has 1 heterocycles. The van der Waals surface area contributed by atoms with Crippen LogP contribution >= 0.6 is 0 Å². The lowest BCUT2D eigenvalue weighted by Crippen LogP contribution is -2.34. The molecule has 1 fully saturated rings. The standard InChI is InChI=1S/C14H22N4O3S/c1-18-9-3-5-12(18)7-8-16-14(19)17-11-4-2-6-13(10-11)22(15,20)21/h2,4,6,10,12H,3,5,7-9H2,1H3,(H2,15,20,21)(H2,16,17,19). The van der Waals surface area contributed by atoms with Gasteiger partial charge in [-0.25, -0.2) is 18.4 Å². The minimum atomic E-state index is -3.77. The van der Waals surface area contributed by atoms with Crippen molar-refractivity contribution in [1.82, 2.24) is 10.2 Å². The second-order valence-corrected chi connectivity index (χ2v) is 7.08. The number of rotatable bonds is 5. The zero-order valence-electron chi connectivity index (χ0n) is 12.6. The maximum absolute atomic E-state index is 11.8. The molecule has 22 heavy (non-hydrogen) atoms. The van der Waals surface area contributed by atoms with Gasteiger partial charge in [-0.1, -0.05) is 6.07 Å². The smallest absolute Gasteiger partial charge is 0.319 e. The topological polar surface area (TPSA) is 105 Å². The van der Waals surface area contributed by atoms with Gasteiger partial charge >= 0.3 is 6.03 Å². The Kier molecular flexibility index (Phi) is 5.38. The van der Waals surface area contributed by atoms with E-state index in [9.17, 15) is 13.2 Å². The summed E-state index contributed by atoms with van der Waals surface area (Å²) in [7, 11) is -1.68. The van der Waals surface area contributed by atoms with E-state index in [1.807, 2.05) is 0 Å². The molecule has 1 aliphatic rings. The van der Waals surface area contributed by atoms with Gasteiger partial charge in [-0.15, -0.1) is 0 Å². The van der Waals surface area contributed by atoms with Crippen LogP contribution < -0.4 is 15.8 Å². The molecule has 7 nitrogen and oxygen atoms in total. The summed E-state index contributed by atoms with van der Waals surface area (Å²) >= 11 is 0. The van der Waals surface area contributed by atoms with Crippen LogP contribution in [0.4, 0.5) is 10.5 Å². The molecule has 0 aromatic heterocycles. The van der Waals surface area contributed by atoms with Crippen LogP contribution in [0.1, 0.15) is 19.3 Å². The summed E-state index contributed by atoms with van der Waals surface area (Å²) in [6.45, 7) is 1.69. The molecule has 2 amide bonds. The van der Waals surface area contributed by atoms with Gasteiger partial charge in [0, 0.05) is 18.3 Å². The van der Waals surface area contributed by atoms with Crippen molar-refractivity contribution in [2.24, 2.45) is 5.14 Å². The molecule has 1 aromatic carbocycles. The van der Waals surface area contributed by atoms with Crippen LogP contribution in [0.3, 0.4) is 0 Å². The highest BCUT2D eigenvalue weighted by molar-refractivity contribution is 7.89. The minimum absolute atomic E-state index is 0.0297. The molecule has 1 aliphatic heterocycles. The number of hydrogen-bond acceptors (Lipinski definition) is 4. The van der Waals surface area contributed by atoms with Gasteiger partial charge in [0.1, 0.15) is 0 Å². The van der Waals surface area contributed by atoms with Crippen molar-refractivity contribution in [2.75, 3.05) is 25.5 Å². The van der Waals surface area contributed by atoms with Crippen LogP contribution in [-0.4, -0.2) is 45.5 Å². The molecule has 0 aliphatic carbocycles. The fourth-order valence-corrected chi connectivity index (χ4v) is 3.18. The Morgan fingerprint density at radius 2 is 2.23 bits per heavy atom. The summed E-state index contributed by atoms with van der Waals surface area (Å²) in [6, 6.07) is 6.02. The number of amides is 2. The summed E-state index contributed by atoms with van der Waals surface area (Å²) in [6.07, 6.45) is 3.27. The Morgan fingerprint density at radius 3 is 2.86 bits per heavy atom. The predicted molar refractivity (Wildman–Crippen MR) is 85.1 cm³/mol. The first kappa shape index (κ1) is 16.7. The first-order chi connectivity index (χ1) is 10.4. The van der Waals surface area contributed by atoms with Gasteiger partial charge in [0.25, 0.3) is 0 Å². The van der Waals surface area contributed by atoms with E-state index in [4.69, 9.17) is 5.14 Å². The van der Waals surface area contributed by atoms with Gasteiger partial charge in [-0.05, 0) is 51.1 Å². The maximum atomic E-state index is 11.8. The molecular weight excluding hydrogens is 304 g/mol. The fraction of sp³-hybridized carbons (Fsp3) is 0.500. The molecule has 8 heteroatoms. The third kappa shape index (κ3) is 4.69. The SMILES string of the molecule is CN1CCCC1CCNC(=O)Nc1cccc(S(N)(=O)=O)c1. The quantitative estimate of drug-likeness (QED) is 0.749. The van der Waals surface area contributed by atoms with E-state index in [1.165, 1.54) is 24.6 Å². The fourth-order valence-electron chi connectivity index (χ4n) is 2.62. The van der Waals surface area contributed by atoms with E-state index in [2.05, 4.69) is 22.6 Å². The van der Waals surface area contributed by atoms with Crippen molar-refractivity contribution in [3.05, 3.63) is 24.3 Å². The number of likely N-dealkylation sites (tertiary alicyclic amines) is 1. The Bertz CT molecular complexity index is 633. The number of nitrogens with zero attached hydrogens (tertiary/aromatic N) is 1. The third-order valence-electron chi connectivity index (χ3n) is 3.86. The van der Waals surface area contributed by atoms with Crippen LogP contribution in [0.5, 0.6) is 0 Å². The molecular formula is C14H22N4O3S. The van der Waals surface area contributed by atoms with Crippen molar-refractivity contribution < 1.29 is 13.2 Å². The Balaban J connectivity index is 1.82. The number of benzene rings is 1. The summed E-state index contributed by atoms with van der Waals surface area (Å²) in [5, 5.41) is 10.4. The number of primary sulfonamides is 1. The Labute approximate surface area is 130 Å². The van der Waals surface area contributed by atoms with E-state index < -0.39 is 10.0 Å². The molecule has 2 rings (SSSR count). The zero-order valence-corrected chi connectivity index (χ0v) is 13.4. The number of anilines is 1. The maximum Gasteiger partial charge on any atom is 0.319 e. The normalized spacial score (nSPS) is 19.1. The highest BCUT2D eigenvalue weighted by atomic mass is 32.2. The summed E-state index contributed by atoms with van der Waals surface area (Å²) < 4.78 is 22.5. The summed E-state index contributed by atoms with van der Waals surface area (Å²) in [5.74, 6) is 0. The summed E-state index contributed by atoms with van der Waals surface area (Å²) in [4.78, 5) is 14.1. The lowest BCUT2D eigenvalue weighted by molar-refractivity contribution is 0.248. The Morgan fingerprint density at radius 1 is 1.45 bits per heavy atom. The lowest BCUT2D eigenvalue weighted by Gasteiger charge is -2.19. The highest BCUT2D eigenvalue weighted by Gasteiger charge is 2.20. The Hall–Kier alpha value is -1.64. The zero-order chi connectivity index (χ0) is 16.2. The van der Waals surface area contributed by atoms with E-state index in [0.717, 1.165) is 19.4 Å². The second-order valence-electron chi connectivity index (χ2n) is 5.52. The van der Waals surface area contributed by atoms with Gasteiger partial charge in [-0.2, -0.15) is 0 Å². The van der Waals surface area contributed by atoms with Crippen molar-refractivity contribution in [1.29, 1.82) is 0 Å². The monoisotopic (exact) mass is 326 g/mol. The molecule has 0 saturated carbocycles. The average Bonchev–Trinajstić information content (AvgIpc) is 2.84. The van der Waals surface area contributed by atoms with E-state index in [1.54, 1.807) is 6.07 Å². The number of nitrogens with one attached hydrogen (secondary N) is 2. The average molecular weight is 326 g/mol. The van der Waals surface area contributed by atoms with Gasteiger partial charge in [0.2, 0.25) is 10.0 Å². The first-order valence-corrected chi connectivity index (χ1v) is 8.79. The first-order valence-electron chi connectivity index (χ1n) is 7.24. The van der Waals surface area contributed by atoms with Crippen LogP contribution in [0.15, 0.2) is 29.2 Å². The van der Waals surface area contributed by atoms with Gasteiger partial charge < -0.3 is 15.5 Å². The number of sulfonamides is 1. The summed E-state index contributed by atoms with van der Waals surface area (Å²) in [5.41, 5.74) is 0.391. The van der Waals surface area contributed by atoms with Crippen molar-refractivity contribution in [3.63, 3.8) is 0 Å². The number of hydrogen-bond donors (Lipinski definition) is 3. The van der Waals surface area contributed by atoms with Crippen molar-refractivity contribution in [3.8, 4) is 0 Å². The lowest BCUT2D eigenvalue weighted by atomic mass is 10.1. The largest absolute Gasteiger partial charge is 0.338 e. The molecule has 1 atom stereocenters. The number of urea groups is 1. The third-order valence-corrected chi connectivity index (χ3v) is 4.77. The minimum Gasteiger partial charge on any atom is -0.338 e. The molecule has 0 spiro atoms. The van der Waals surface area contributed by atoms with Gasteiger partial charge in [0.05, 0.1) is 4.90 Å². The number of carbonyl (C=O) groups excluding carboxylic acids is 1. The number of nitrogens with two attached hydrogens (primary N) is 1. The second kappa shape index (κ2) is 7.08. The highest BCUT2D eigenvalue weighted by Crippen LogP contribution is 2.17.